The maximum absolute atomic E-state index is 11.6. The minimum absolute atomic E-state index is 0.166. The number of benzene rings is 1. The van der Waals surface area contributed by atoms with E-state index in [9.17, 15) is 4.79 Å². The first-order valence-corrected chi connectivity index (χ1v) is 5.59. The minimum Gasteiger partial charge on any atom is -0.399 e. The number of rotatable bonds is 1. The highest BCUT2D eigenvalue weighted by molar-refractivity contribution is 5.94. The fourth-order valence-corrected chi connectivity index (χ4v) is 2.10. The normalized spacial score (nSPS) is 10.9. The van der Waals surface area contributed by atoms with E-state index in [0.717, 1.165) is 22.2 Å². The van der Waals surface area contributed by atoms with Gasteiger partial charge in [-0.3, -0.25) is 9.89 Å². The molecule has 0 amide bonds. The summed E-state index contributed by atoms with van der Waals surface area (Å²) in [5.41, 5.74) is 9.51. The predicted octanol–water partition coefficient (Wildman–Crippen LogP) is 1.81. The fourth-order valence-electron chi connectivity index (χ4n) is 2.10. The third-order valence-electron chi connectivity index (χ3n) is 2.96. The molecule has 0 bridgehead atoms. The van der Waals surface area contributed by atoms with Gasteiger partial charge in [-0.15, -0.1) is 0 Å². The van der Waals surface area contributed by atoms with Gasteiger partial charge in [-0.1, -0.05) is 12.1 Å². The first kappa shape index (κ1) is 10.6. The molecular formula is C13H12N4O. The van der Waals surface area contributed by atoms with Gasteiger partial charge in [0.25, 0.3) is 0 Å². The molecule has 90 valence electrons. The van der Waals surface area contributed by atoms with Crippen LogP contribution in [0, 0.1) is 6.92 Å². The van der Waals surface area contributed by atoms with Crippen LogP contribution in [-0.2, 0) is 0 Å². The van der Waals surface area contributed by atoms with Gasteiger partial charge in [0.1, 0.15) is 0 Å². The lowest BCUT2D eigenvalue weighted by Gasteiger charge is -2.04. The molecule has 0 aliphatic rings. The van der Waals surface area contributed by atoms with Crippen molar-refractivity contribution in [2.45, 2.75) is 6.92 Å². The van der Waals surface area contributed by atoms with E-state index in [1.54, 1.807) is 6.07 Å². The third-order valence-corrected chi connectivity index (χ3v) is 2.96. The molecule has 0 unspecified atom stereocenters. The number of aromatic nitrogens is 3. The van der Waals surface area contributed by atoms with Gasteiger partial charge in [-0.25, -0.2) is 0 Å². The first-order chi connectivity index (χ1) is 8.65. The Morgan fingerprint density at radius 1 is 1.22 bits per heavy atom. The number of aromatic amines is 2. The summed E-state index contributed by atoms with van der Waals surface area (Å²) in [4.78, 5) is 14.3. The van der Waals surface area contributed by atoms with Crippen LogP contribution < -0.4 is 11.3 Å². The van der Waals surface area contributed by atoms with Gasteiger partial charge >= 0.3 is 0 Å². The SMILES string of the molecule is Cc1[nH]nc2[nH]c(=O)cc(-c3ccc(N)cc3)c12. The summed E-state index contributed by atoms with van der Waals surface area (Å²) in [5.74, 6) is 0. The molecule has 5 heteroatoms. The van der Waals surface area contributed by atoms with Gasteiger partial charge in [-0.2, -0.15) is 5.10 Å². The van der Waals surface area contributed by atoms with Crippen LogP contribution in [0.15, 0.2) is 35.1 Å². The standard InChI is InChI=1S/C13H12N4O/c1-7-12-10(8-2-4-9(14)5-3-8)6-11(18)15-13(12)17-16-7/h2-6H,14H2,1H3,(H2,15,16,17,18). The Hall–Kier alpha value is -2.56. The number of pyridine rings is 1. The van der Waals surface area contributed by atoms with Crippen molar-refractivity contribution in [3.05, 3.63) is 46.4 Å². The van der Waals surface area contributed by atoms with Crippen molar-refractivity contribution in [1.29, 1.82) is 0 Å². The smallest absolute Gasteiger partial charge is 0.250 e. The molecule has 1 aromatic carbocycles. The summed E-state index contributed by atoms with van der Waals surface area (Å²) in [7, 11) is 0. The number of nitrogen functional groups attached to an aromatic ring is 1. The molecule has 3 aromatic rings. The van der Waals surface area contributed by atoms with Crippen molar-refractivity contribution >= 4 is 16.7 Å². The van der Waals surface area contributed by atoms with Gasteiger partial charge in [0.2, 0.25) is 5.56 Å². The maximum Gasteiger partial charge on any atom is 0.250 e. The van der Waals surface area contributed by atoms with Crippen LogP contribution in [0.5, 0.6) is 0 Å². The highest BCUT2D eigenvalue weighted by Crippen LogP contribution is 2.27. The Balaban J connectivity index is 2.37. The second kappa shape index (κ2) is 3.73. The molecule has 2 heterocycles. The average molecular weight is 240 g/mol. The molecule has 0 saturated heterocycles. The zero-order chi connectivity index (χ0) is 12.7. The van der Waals surface area contributed by atoms with Crippen molar-refractivity contribution in [2.75, 3.05) is 5.73 Å². The van der Waals surface area contributed by atoms with Crippen LogP contribution in [-0.4, -0.2) is 15.2 Å². The zero-order valence-electron chi connectivity index (χ0n) is 9.82. The van der Waals surface area contributed by atoms with Crippen LogP contribution in [0.3, 0.4) is 0 Å². The van der Waals surface area contributed by atoms with Crippen molar-refractivity contribution in [3.63, 3.8) is 0 Å². The largest absolute Gasteiger partial charge is 0.399 e. The second-order valence-corrected chi connectivity index (χ2v) is 4.24. The summed E-state index contributed by atoms with van der Waals surface area (Å²) < 4.78 is 0. The fraction of sp³-hybridized carbons (Fsp3) is 0.0769. The second-order valence-electron chi connectivity index (χ2n) is 4.24. The zero-order valence-corrected chi connectivity index (χ0v) is 9.82. The lowest BCUT2D eigenvalue weighted by molar-refractivity contribution is 1.05. The summed E-state index contributed by atoms with van der Waals surface area (Å²) in [6.07, 6.45) is 0. The molecule has 0 atom stereocenters. The van der Waals surface area contributed by atoms with Crippen LogP contribution >= 0.6 is 0 Å². The van der Waals surface area contributed by atoms with E-state index in [0.29, 0.717) is 11.3 Å². The number of anilines is 1. The topological polar surface area (TPSA) is 87.6 Å². The maximum atomic E-state index is 11.6. The van der Waals surface area contributed by atoms with Crippen LogP contribution in [0.25, 0.3) is 22.2 Å². The Bertz CT molecular complexity index is 768. The Kier molecular flexibility index (Phi) is 2.19. The van der Waals surface area contributed by atoms with Crippen molar-refractivity contribution in [3.8, 4) is 11.1 Å². The number of H-pyrrole nitrogens is 2. The number of aryl methyl sites for hydroxylation is 1. The minimum atomic E-state index is -0.166. The Labute approximate surface area is 103 Å². The quantitative estimate of drug-likeness (QED) is 0.567. The molecule has 2 aromatic heterocycles. The summed E-state index contributed by atoms with van der Waals surface area (Å²) in [6.45, 7) is 1.93. The highest BCUT2D eigenvalue weighted by Gasteiger charge is 2.10. The van der Waals surface area contributed by atoms with Crippen molar-refractivity contribution in [1.82, 2.24) is 15.2 Å². The lowest BCUT2D eigenvalue weighted by Crippen LogP contribution is -2.04. The number of hydrogen-bond donors (Lipinski definition) is 3. The van der Waals surface area contributed by atoms with Crippen LogP contribution in [0.4, 0.5) is 5.69 Å². The van der Waals surface area contributed by atoms with Gasteiger partial charge in [-0.05, 0) is 30.2 Å². The molecule has 5 nitrogen and oxygen atoms in total. The molecule has 0 saturated carbocycles. The molecule has 3 rings (SSSR count). The summed E-state index contributed by atoms with van der Waals surface area (Å²) in [6, 6.07) is 9.01. The van der Waals surface area contributed by atoms with Crippen LogP contribution in [0.1, 0.15) is 5.69 Å². The summed E-state index contributed by atoms with van der Waals surface area (Å²) in [5, 5.41) is 7.89. The van der Waals surface area contributed by atoms with E-state index >= 15 is 0 Å². The summed E-state index contributed by atoms with van der Waals surface area (Å²) >= 11 is 0. The number of nitrogens with zero attached hydrogens (tertiary/aromatic N) is 1. The molecular weight excluding hydrogens is 228 g/mol. The first-order valence-electron chi connectivity index (χ1n) is 5.59. The number of fused-ring (bicyclic) bond motifs is 1. The van der Waals surface area contributed by atoms with E-state index < -0.39 is 0 Å². The molecule has 0 spiro atoms. The van der Waals surface area contributed by atoms with E-state index in [-0.39, 0.29) is 5.56 Å². The highest BCUT2D eigenvalue weighted by atomic mass is 16.1. The monoisotopic (exact) mass is 240 g/mol. The molecule has 18 heavy (non-hydrogen) atoms. The molecule has 0 fully saturated rings. The van der Waals surface area contributed by atoms with E-state index in [2.05, 4.69) is 15.2 Å². The van der Waals surface area contributed by atoms with E-state index in [4.69, 9.17) is 5.73 Å². The lowest BCUT2D eigenvalue weighted by atomic mass is 10.0. The van der Waals surface area contributed by atoms with Gasteiger partial charge in [0.05, 0.1) is 0 Å². The predicted molar refractivity (Wildman–Crippen MR) is 71.3 cm³/mol. The van der Waals surface area contributed by atoms with E-state index in [1.165, 1.54) is 0 Å². The Morgan fingerprint density at radius 2 is 1.94 bits per heavy atom. The number of hydrogen-bond acceptors (Lipinski definition) is 3. The number of nitrogens with one attached hydrogen (secondary N) is 2. The average Bonchev–Trinajstić information content (AvgIpc) is 2.71. The van der Waals surface area contributed by atoms with Crippen molar-refractivity contribution in [2.24, 2.45) is 0 Å². The Morgan fingerprint density at radius 3 is 2.67 bits per heavy atom. The number of nitrogens with two attached hydrogens (primary N) is 1. The van der Waals surface area contributed by atoms with Gasteiger partial charge < -0.3 is 10.7 Å². The van der Waals surface area contributed by atoms with E-state index in [1.807, 2.05) is 31.2 Å². The van der Waals surface area contributed by atoms with Gasteiger partial charge in [0.15, 0.2) is 5.65 Å². The van der Waals surface area contributed by atoms with Crippen molar-refractivity contribution < 1.29 is 0 Å². The molecule has 0 aliphatic carbocycles. The molecule has 0 aliphatic heterocycles. The molecule has 4 N–H and O–H groups in total. The molecule has 0 radical (unpaired) electrons. The van der Waals surface area contributed by atoms with Crippen LogP contribution in [0.2, 0.25) is 0 Å². The van der Waals surface area contributed by atoms with Gasteiger partial charge in [0, 0.05) is 22.8 Å². The third kappa shape index (κ3) is 1.57.